The highest BCUT2D eigenvalue weighted by Gasteiger charge is 2.08. The van der Waals surface area contributed by atoms with Crippen molar-refractivity contribution in [3.63, 3.8) is 0 Å². The van der Waals surface area contributed by atoms with Crippen molar-refractivity contribution in [3.05, 3.63) is 47.4 Å². The number of halogens is 1. The van der Waals surface area contributed by atoms with Crippen molar-refractivity contribution in [1.82, 2.24) is 9.97 Å². The van der Waals surface area contributed by atoms with Gasteiger partial charge in [0.1, 0.15) is 5.82 Å². The van der Waals surface area contributed by atoms with Gasteiger partial charge < -0.3 is 10.1 Å². The van der Waals surface area contributed by atoms with E-state index in [1.807, 2.05) is 13.8 Å². The average Bonchev–Trinajstić information content (AvgIpc) is 2.38. The van der Waals surface area contributed by atoms with Crippen LogP contribution in [0.5, 0.6) is 5.88 Å². The van der Waals surface area contributed by atoms with Gasteiger partial charge in [0.05, 0.1) is 13.2 Å². The molecule has 2 aromatic rings. The zero-order valence-corrected chi connectivity index (χ0v) is 11.1. The predicted octanol–water partition coefficient (Wildman–Crippen LogP) is 3.11. The Hall–Kier alpha value is -2.17. The Morgan fingerprint density at radius 1 is 1.21 bits per heavy atom. The first-order chi connectivity index (χ1) is 9.08. The third kappa shape index (κ3) is 3.40. The minimum Gasteiger partial charge on any atom is -0.481 e. The van der Waals surface area contributed by atoms with Gasteiger partial charge in [0, 0.05) is 11.8 Å². The molecule has 0 saturated heterocycles. The third-order valence-corrected chi connectivity index (χ3v) is 2.76. The fourth-order valence-electron chi connectivity index (χ4n) is 1.74. The highest BCUT2D eigenvalue weighted by atomic mass is 19.1. The normalized spacial score (nSPS) is 12.0. The highest BCUT2D eigenvalue weighted by Crippen LogP contribution is 2.19. The maximum atomic E-state index is 12.9. The predicted molar refractivity (Wildman–Crippen MR) is 71.8 cm³/mol. The summed E-state index contributed by atoms with van der Waals surface area (Å²) in [4.78, 5) is 8.51. The molecule has 0 aliphatic rings. The molecule has 19 heavy (non-hydrogen) atoms. The fraction of sp³-hybridized carbons (Fsp3) is 0.286. The van der Waals surface area contributed by atoms with Crippen LogP contribution in [0.2, 0.25) is 0 Å². The second kappa shape index (κ2) is 5.65. The van der Waals surface area contributed by atoms with Crippen LogP contribution in [-0.4, -0.2) is 17.1 Å². The SMILES string of the molecule is COc1cc(C)nc(NC(C)c2ccc(F)cc2)n1. The van der Waals surface area contributed by atoms with E-state index in [1.54, 1.807) is 25.3 Å². The summed E-state index contributed by atoms with van der Waals surface area (Å²) in [6, 6.07) is 8.08. The number of hydrogen-bond acceptors (Lipinski definition) is 4. The van der Waals surface area contributed by atoms with Gasteiger partial charge in [-0.2, -0.15) is 4.98 Å². The molecule has 1 atom stereocenters. The standard InChI is InChI=1S/C14H16FN3O/c1-9-8-13(19-3)18-14(16-9)17-10(2)11-4-6-12(15)7-5-11/h4-8,10H,1-3H3,(H,16,17,18). The lowest BCUT2D eigenvalue weighted by atomic mass is 10.1. The molecule has 0 radical (unpaired) electrons. The lowest BCUT2D eigenvalue weighted by Gasteiger charge is -2.15. The molecular formula is C14H16FN3O. The number of nitrogens with zero attached hydrogens (tertiary/aromatic N) is 2. The highest BCUT2D eigenvalue weighted by molar-refractivity contribution is 5.34. The van der Waals surface area contributed by atoms with Crippen LogP contribution in [0.3, 0.4) is 0 Å². The summed E-state index contributed by atoms with van der Waals surface area (Å²) in [6.45, 7) is 3.84. The van der Waals surface area contributed by atoms with Crippen molar-refractivity contribution in [2.45, 2.75) is 19.9 Å². The van der Waals surface area contributed by atoms with Gasteiger partial charge in [-0.05, 0) is 31.5 Å². The second-order valence-electron chi connectivity index (χ2n) is 4.29. The number of nitrogens with one attached hydrogen (secondary N) is 1. The summed E-state index contributed by atoms with van der Waals surface area (Å²) in [5.41, 5.74) is 1.78. The zero-order valence-electron chi connectivity index (χ0n) is 11.1. The van der Waals surface area contributed by atoms with E-state index >= 15 is 0 Å². The Morgan fingerprint density at radius 3 is 2.53 bits per heavy atom. The molecular weight excluding hydrogens is 245 g/mol. The van der Waals surface area contributed by atoms with Crippen LogP contribution < -0.4 is 10.1 Å². The summed E-state index contributed by atoms with van der Waals surface area (Å²) in [6.07, 6.45) is 0. The van der Waals surface area contributed by atoms with E-state index in [9.17, 15) is 4.39 Å². The molecule has 0 saturated carbocycles. The van der Waals surface area contributed by atoms with Crippen LogP contribution in [0, 0.1) is 12.7 Å². The Labute approximate surface area is 111 Å². The van der Waals surface area contributed by atoms with E-state index in [2.05, 4.69) is 15.3 Å². The first-order valence-corrected chi connectivity index (χ1v) is 6.00. The Bertz CT molecular complexity index is 557. The summed E-state index contributed by atoms with van der Waals surface area (Å²) in [5.74, 6) is 0.763. The number of anilines is 1. The van der Waals surface area contributed by atoms with Crippen LogP contribution in [0.1, 0.15) is 24.2 Å². The van der Waals surface area contributed by atoms with Crippen LogP contribution >= 0.6 is 0 Å². The molecule has 0 aliphatic heterocycles. The van der Waals surface area contributed by atoms with Crippen molar-refractivity contribution in [1.29, 1.82) is 0 Å². The van der Waals surface area contributed by atoms with Gasteiger partial charge in [-0.1, -0.05) is 12.1 Å². The Balaban J connectivity index is 2.16. The molecule has 2 rings (SSSR count). The molecule has 0 amide bonds. The maximum Gasteiger partial charge on any atom is 0.226 e. The molecule has 100 valence electrons. The van der Waals surface area contributed by atoms with Gasteiger partial charge in [-0.15, -0.1) is 0 Å². The number of rotatable bonds is 4. The minimum absolute atomic E-state index is 0.0212. The topological polar surface area (TPSA) is 47.0 Å². The van der Waals surface area contributed by atoms with Crippen LogP contribution in [0.4, 0.5) is 10.3 Å². The Morgan fingerprint density at radius 2 is 1.89 bits per heavy atom. The molecule has 0 aliphatic carbocycles. The summed E-state index contributed by atoms with van der Waals surface area (Å²) < 4.78 is 18.0. The third-order valence-electron chi connectivity index (χ3n) is 2.76. The van der Waals surface area contributed by atoms with Crippen LogP contribution in [0.15, 0.2) is 30.3 Å². The number of methoxy groups -OCH3 is 1. The number of ether oxygens (including phenoxy) is 1. The number of aryl methyl sites for hydroxylation is 1. The van der Waals surface area contributed by atoms with Gasteiger partial charge in [-0.3, -0.25) is 0 Å². The van der Waals surface area contributed by atoms with E-state index in [0.29, 0.717) is 11.8 Å². The quantitative estimate of drug-likeness (QED) is 0.918. The molecule has 1 N–H and O–H groups in total. The summed E-state index contributed by atoms with van der Waals surface area (Å²) in [5, 5.41) is 3.17. The largest absolute Gasteiger partial charge is 0.481 e. The van der Waals surface area contributed by atoms with E-state index in [1.165, 1.54) is 12.1 Å². The molecule has 0 fully saturated rings. The first kappa shape index (κ1) is 13.3. The summed E-state index contributed by atoms with van der Waals surface area (Å²) >= 11 is 0. The van der Waals surface area contributed by atoms with Crippen molar-refractivity contribution in [2.24, 2.45) is 0 Å². The van der Waals surface area contributed by atoms with E-state index < -0.39 is 0 Å². The van der Waals surface area contributed by atoms with E-state index in [-0.39, 0.29) is 11.9 Å². The molecule has 4 nitrogen and oxygen atoms in total. The second-order valence-corrected chi connectivity index (χ2v) is 4.29. The molecule has 1 aromatic heterocycles. The molecule has 0 spiro atoms. The van der Waals surface area contributed by atoms with Crippen LogP contribution in [-0.2, 0) is 0 Å². The van der Waals surface area contributed by atoms with Gasteiger partial charge in [0.2, 0.25) is 11.8 Å². The molecule has 0 bridgehead atoms. The van der Waals surface area contributed by atoms with Crippen LogP contribution in [0.25, 0.3) is 0 Å². The van der Waals surface area contributed by atoms with Gasteiger partial charge >= 0.3 is 0 Å². The molecule has 1 aromatic carbocycles. The first-order valence-electron chi connectivity index (χ1n) is 6.00. The van der Waals surface area contributed by atoms with E-state index in [4.69, 9.17) is 4.74 Å². The molecule has 1 unspecified atom stereocenters. The summed E-state index contributed by atoms with van der Waals surface area (Å²) in [7, 11) is 1.56. The number of aromatic nitrogens is 2. The monoisotopic (exact) mass is 261 g/mol. The van der Waals surface area contributed by atoms with Gasteiger partial charge in [0.15, 0.2) is 0 Å². The van der Waals surface area contributed by atoms with Crippen molar-refractivity contribution in [3.8, 4) is 5.88 Å². The van der Waals surface area contributed by atoms with Crippen molar-refractivity contribution < 1.29 is 9.13 Å². The van der Waals surface area contributed by atoms with Crippen molar-refractivity contribution >= 4 is 5.95 Å². The smallest absolute Gasteiger partial charge is 0.226 e. The van der Waals surface area contributed by atoms with E-state index in [0.717, 1.165) is 11.3 Å². The maximum absolute atomic E-state index is 12.9. The number of benzene rings is 1. The molecule has 1 heterocycles. The van der Waals surface area contributed by atoms with Gasteiger partial charge in [-0.25, -0.2) is 9.37 Å². The number of hydrogen-bond donors (Lipinski definition) is 1. The fourth-order valence-corrected chi connectivity index (χ4v) is 1.74. The Kier molecular flexibility index (Phi) is 3.94. The lowest BCUT2D eigenvalue weighted by molar-refractivity contribution is 0.397. The van der Waals surface area contributed by atoms with Crippen molar-refractivity contribution in [2.75, 3.05) is 12.4 Å². The lowest BCUT2D eigenvalue weighted by Crippen LogP contribution is -2.10. The average molecular weight is 261 g/mol. The zero-order chi connectivity index (χ0) is 13.8. The minimum atomic E-state index is -0.246. The molecule has 5 heteroatoms. The van der Waals surface area contributed by atoms with Gasteiger partial charge in [0.25, 0.3) is 0 Å².